The number of carbonyl (C=O) groups is 1. The lowest BCUT2D eigenvalue weighted by atomic mass is 10.2. The van der Waals surface area contributed by atoms with Crippen LogP contribution in [0.4, 0.5) is 0 Å². The van der Waals surface area contributed by atoms with Crippen molar-refractivity contribution in [2.45, 2.75) is 6.61 Å². The van der Waals surface area contributed by atoms with E-state index in [0.717, 1.165) is 16.1 Å². The lowest BCUT2D eigenvalue weighted by Gasteiger charge is -2.10. The zero-order chi connectivity index (χ0) is 20.8. The van der Waals surface area contributed by atoms with E-state index in [0.29, 0.717) is 22.9 Å². The molecule has 148 valence electrons. The molecule has 3 rings (SSSR count). The third-order valence-corrected chi connectivity index (χ3v) is 4.58. The predicted octanol–water partition coefficient (Wildman–Crippen LogP) is 4.86. The van der Waals surface area contributed by atoms with Gasteiger partial charge in [0.25, 0.3) is 5.91 Å². The third-order valence-electron chi connectivity index (χ3n) is 3.81. The van der Waals surface area contributed by atoms with E-state index in [1.807, 2.05) is 24.3 Å². The van der Waals surface area contributed by atoms with Crippen molar-refractivity contribution in [1.29, 1.82) is 0 Å². The smallest absolute Gasteiger partial charge is 0.271 e. The normalized spacial score (nSPS) is 10.8. The molecule has 0 aliphatic heterocycles. The summed E-state index contributed by atoms with van der Waals surface area (Å²) in [6, 6.07) is 16.4. The molecule has 0 aromatic heterocycles. The Kier molecular flexibility index (Phi) is 6.74. The maximum atomic E-state index is 12.1. The Morgan fingerprint density at radius 3 is 2.45 bits per heavy atom. The molecule has 0 radical (unpaired) electrons. The zero-order valence-corrected chi connectivity index (χ0v) is 17.3. The Hall–Kier alpha value is -3.03. The van der Waals surface area contributed by atoms with Gasteiger partial charge >= 0.3 is 0 Å². The summed E-state index contributed by atoms with van der Waals surface area (Å²) in [5.74, 6) is -0.493. The summed E-state index contributed by atoms with van der Waals surface area (Å²) in [5.41, 5.74) is 3.97. The van der Waals surface area contributed by atoms with Crippen LogP contribution in [-0.4, -0.2) is 22.3 Å². The molecule has 0 heterocycles. The fourth-order valence-electron chi connectivity index (χ4n) is 2.44. The van der Waals surface area contributed by atoms with Gasteiger partial charge in [-0.3, -0.25) is 4.79 Å². The average Bonchev–Trinajstić information content (AvgIpc) is 2.68. The minimum absolute atomic E-state index is 0.0671. The van der Waals surface area contributed by atoms with Crippen LogP contribution >= 0.6 is 27.5 Å². The number of ether oxygens (including phenoxy) is 1. The summed E-state index contributed by atoms with van der Waals surface area (Å²) < 4.78 is 6.83. The van der Waals surface area contributed by atoms with E-state index in [-0.39, 0.29) is 17.1 Å². The van der Waals surface area contributed by atoms with Crippen LogP contribution in [-0.2, 0) is 6.61 Å². The van der Waals surface area contributed by atoms with Crippen LogP contribution in [0.2, 0.25) is 5.02 Å². The maximum Gasteiger partial charge on any atom is 0.271 e. The van der Waals surface area contributed by atoms with Crippen LogP contribution in [0.3, 0.4) is 0 Å². The van der Waals surface area contributed by atoms with E-state index in [9.17, 15) is 15.0 Å². The second-order valence-electron chi connectivity index (χ2n) is 6.03. The number of phenolic OH excluding ortho intramolecular Hbond substituents is 2. The van der Waals surface area contributed by atoms with E-state index in [4.69, 9.17) is 16.3 Å². The number of carbonyl (C=O) groups excluding carboxylic acids is 1. The van der Waals surface area contributed by atoms with Gasteiger partial charge in [-0.25, -0.2) is 5.43 Å². The predicted molar refractivity (Wildman–Crippen MR) is 115 cm³/mol. The third kappa shape index (κ3) is 5.97. The Morgan fingerprint density at radius 1 is 1.07 bits per heavy atom. The summed E-state index contributed by atoms with van der Waals surface area (Å²) in [6.45, 7) is 0.352. The maximum absolute atomic E-state index is 12.1. The van der Waals surface area contributed by atoms with Gasteiger partial charge in [-0.05, 0) is 48.0 Å². The monoisotopic (exact) mass is 474 g/mol. The number of rotatable bonds is 6. The molecule has 3 aromatic rings. The average molecular weight is 476 g/mol. The van der Waals surface area contributed by atoms with Crippen molar-refractivity contribution in [1.82, 2.24) is 5.43 Å². The zero-order valence-electron chi connectivity index (χ0n) is 15.0. The first-order valence-electron chi connectivity index (χ1n) is 8.44. The summed E-state index contributed by atoms with van der Waals surface area (Å²) in [5, 5.41) is 23.3. The van der Waals surface area contributed by atoms with Gasteiger partial charge in [0, 0.05) is 26.7 Å². The van der Waals surface area contributed by atoms with Crippen LogP contribution in [0.1, 0.15) is 21.5 Å². The number of hydrazone groups is 1. The van der Waals surface area contributed by atoms with Crippen LogP contribution < -0.4 is 10.2 Å². The molecule has 0 spiro atoms. The molecule has 0 bridgehead atoms. The largest absolute Gasteiger partial charge is 0.508 e. The van der Waals surface area contributed by atoms with E-state index >= 15 is 0 Å². The molecule has 29 heavy (non-hydrogen) atoms. The fourth-order valence-corrected chi connectivity index (χ4v) is 2.89. The molecule has 0 atom stereocenters. The quantitative estimate of drug-likeness (QED) is 0.351. The van der Waals surface area contributed by atoms with Crippen LogP contribution in [0, 0.1) is 0 Å². The summed E-state index contributed by atoms with van der Waals surface area (Å²) >= 11 is 9.45. The second-order valence-corrected chi connectivity index (χ2v) is 7.39. The van der Waals surface area contributed by atoms with Gasteiger partial charge in [0.1, 0.15) is 23.9 Å². The van der Waals surface area contributed by atoms with Gasteiger partial charge in [-0.15, -0.1) is 0 Å². The molecule has 8 heteroatoms. The molecule has 0 aliphatic rings. The lowest BCUT2D eigenvalue weighted by molar-refractivity contribution is 0.0954. The van der Waals surface area contributed by atoms with Crippen LogP contribution in [0.25, 0.3) is 0 Å². The summed E-state index contributed by atoms with van der Waals surface area (Å²) in [4.78, 5) is 12.1. The summed E-state index contributed by atoms with van der Waals surface area (Å²) in [7, 11) is 0. The van der Waals surface area contributed by atoms with Crippen molar-refractivity contribution in [2.75, 3.05) is 0 Å². The minimum atomic E-state index is -0.591. The molecule has 1 amide bonds. The SMILES string of the molecule is O=C(NN=Cc1cc(Cl)ccc1OCc1ccc(Br)cc1)c1cc(O)cc(O)c1. The topological polar surface area (TPSA) is 91.2 Å². The second kappa shape index (κ2) is 9.45. The van der Waals surface area contributed by atoms with Gasteiger partial charge in [0.15, 0.2) is 0 Å². The van der Waals surface area contributed by atoms with Crippen molar-refractivity contribution in [3.05, 3.63) is 86.8 Å². The van der Waals surface area contributed by atoms with Crippen LogP contribution in [0.15, 0.2) is 70.2 Å². The fraction of sp³-hybridized carbons (Fsp3) is 0.0476. The standard InChI is InChI=1S/C21H16BrClN2O4/c22-16-3-1-13(2-4-16)12-29-20-6-5-17(23)7-15(20)11-24-25-21(28)14-8-18(26)10-19(27)9-14/h1-11,26-27H,12H2,(H,25,28). The molecule has 0 saturated heterocycles. The molecular weight excluding hydrogens is 460 g/mol. The lowest BCUT2D eigenvalue weighted by Crippen LogP contribution is -2.17. The highest BCUT2D eigenvalue weighted by molar-refractivity contribution is 9.10. The minimum Gasteiger partial charge on any atom is -0.508 e. The van der Waals surface area contributed by atoms with Gasteiger partial charge in [-0.1, -0.05) is 39.7 Å². The highest BCUT2D eigenvalue weighted by Gasteiger charge is 2.08. The van der Waals surface area contributed by atoms with Crippen molar-refractivity contribution in [2.24, 2.45) is 5.10 Å². The van der Waals surface area contributed by atoms with Crippen molar-refractivity contribution in [3.8, 4) is 17.2 Å². The first-order valence-corrected chi connectivity index (χ1v) is 9.61. The number of aromatic hydroxyl groups is 2. The number of hydrogen-bond donors (Lipinski definition) is 3. The Labute approximate surface area is 180 Å². The van der Waals surface area contributed by atoms with E-state index in [2.05, 4.69) is 26.5 Å². The molecule has 0 fully saturated rings. The Morgan fingerprint density at radius 2 is 1.76 bits per heavy atom. The number of benzene rings is 3. The van der Waals surface area contributed by atoms with Crippen molar-refractivity contribution in [3.63, 3.8) is 0 Å². The van der Waals surface area contributed by atoms with Crippen LogP contribution in [0.5, 0.6) is 17.2 Å². The Balaban J connectivity index is 1.70. The van der Waals surface area contributed by atoms with E-state index in [1.165, 1.54) is 18.3 Å². The Bertz CT molecular complexity index is 1030. The first kappa shape index (κ1) is 20.7. The molecule has 0 aliphatic carbocycles. The van der Waals surface area contributed by atoms with Crippen molar-refractivity contribution >= 4 is 39.7 Å². The number of halogens is 2. The molecule has 3 aromatic carbocycles. The highest BCUT2D eigenvalue weighted by Crippen LogP contribution is 2.23. The van der Waals surface area contributed by atoms with Gasteiger partial charge in [0.2, 0.25) is 0 Å². The molecule has 3 N–H and O–H groups in total. The molecule has 0 saturated carbocycles. The number of nitrogens with zero attached hydrogens (tertiary/aromatic N) is 1. The van der Waals surface area contributed by atoms with Gasteiger partial charge in [0.05, 0.1) is 6.21 Å². The number of hydrogen-bond acceptors (Lipinski definition) is 5. The number of phenols is 2. The van der Waals surface area contributed by atoms with Crippen molar-refractivity contribution < 1.29 is 19.7 Å². The summed E-state index contributed by atoms with van der Waals surface area (Å²) in [6.07, 6.45) is 1.41. The first-order chi connectivity index (χ1) is 13.9. The van der Waals surface area contributed by atoms with E-state index < -0.39 is 5.91 Å². The molecule has 6 nitrogen and oxygen atoms in total. The number of amides is 1. The highest BCUT2D eigenvalue weighted by atomic mass is 79.9. The van der Waals surface area contributed by atoms with E-state index in [1.54, 1.807) is 18.2 Å². The molecular formula is C21H16BrClN2O4. The van der Waals surface area contributed by atoms with Gasteiger partial charge in [-0.2, -0.15) is 5.10 Å². The van der Waals surface area contributed by atoms with Gasteiger partial charge < -0.3 is 14.9 Å². The number of nitrogens with one attached hydrogen (secondary N) is 1. The molecule has 0 unspecified atom stereocenters.